The maximum atomic E-state index is 13.7. The molecule has 3 atom stereocenters. The summed E-state index contributed by atoms with van der Waals surface area (Å²) in [6.07, 6.45) is 7.70. The Balaban J connectivity index is 1.29. The third-order valence-electron chi connectivity index (χ3n) is 10.1. The Morgan fingerprint density at radius 1 is 1.02 bits per heavy atom. The van der Waals surface area contributed by atoms with Crippen molar-refractivity contribution in [3.63, 3.8) is 0 Å². The van der Waals surface area contributed by atoms with Crippen molar-refractivity contribution >= 4 is 23.5 Å². The van der Waals surface area contributed by atoms with Gasteiger partial charge >= 0.3 is 6.03 Å². The molecule has 3 aromatic rings. The van der Waals surface area contributed by atoms with Crippen LogP contribution in [0.15, 0.2) is 83.6 Å². The molecule has 0 radical (unpaired) electrons. The van der Waals surface area contributed by atoms with Gasteiger partial charge in [-0.15, -0.1) is 0 Å². The van der Waals surface area contributed by atoms with E-state index in [4.69, 9.17) is 35.8 Å². The number of urea groups is 1. The van der Waals surface area contributed by atoms with Crippen molar-refractivity contribution in [2.45, 2.75) is 78.0 Å². The molecule has 0 bridgehead atoms. The van der Waals surface area contributed by atoms with Gasteiger partial charge in [0.1, 0.15) is 35.5 Å². The van der Waals surface area contributed by atoms with E-state index in [1.54, 1.807) is 36.1 Å². The predicted molar refractivity (Wildman–Crippen MR) is 217 cm³/mol. The van der Waals surface area contributed by atoms with Crippen molar-refractivity contribution in [1.82, 2.24) is 25.0 Å². The predicted octanol–water partition coefficient (Wildman–Crippen LogP) is 6.45. The summed E-state index contributed by atoms with van der Waals surface area (Å²) in [7, 11) is 3.71. The van der Waals surface area contributed by atoms with Crippen LogP contribution in [0.25, 0.3) is 0 Å². The molecule has 1 aromatic heterocycles. The van der Waals surface area contributed by atoms with Gasteiger partial charge in [-0.3, -0.25) is 20.7 Å². The number of nitrogens with one attached hydrogen (secondary N) is 4. The van der Waals surface area contributed by atoms with Gasteiger partial charge in [-0.1, -0.05) is 51.1 Å². The van der Waals surface area contributed by atoms with Crippen LogP contribution in [0.3, 0.4) is 0 Å². The first-order valence-corrected chi connectivity index (χ1v) is 19.2. The average Bonchev–Trinajstić information content (AvgIpc) is 3.15. The van der Waals surface area contributed by atoms with Crippen molar-refractivity contribution in [2.75, 3.05) is 47.0 Å². The number of pyridine rings is 1. The number of allylic oxidation sites excluding steroid dienone is 1. The van der Waals surface area contributed by atoms with Crippen molar-refractivity contribution in [2.24, 2.45) is 16.1 Å². The van der Waals surface area contributed by atoms with Crippen LogP contribution in [0.1, 0.15) is 83.1 Å². The summed E-state index contributed by atoms with van der Waals surface area (Å²) in [5, 5.41) is 23.5. The lowest BCUT2D eigenvalue weighted by Crippen LogP contribution is -2.47. The van der Waals surface area contributed by atoms with E-state index in [2.05, 4.69) is 27.4 Å². The van der Waals surface area contributed by atoms with E-state index in [0.29, 0.717) is 60.7 Å². The molecule has 1 saturated heterocycles. The second kappa shape index (κ2) is 18.9. The molecule has 1 unspecified atom stereocenters. The molecule has 296 valence electrons. The van der Waals surface area contributed by atoms with Crippen LogP contribution in [0, 0.1) is 16.2 Å². The molecular weight excluding hydrogens is 695 g/mol. The Kier molecular flexibility index (Phi) is 14.1. The molecule has 0 saturated carbocycles. The van der Waals surface area contributed by atoms with Crippen LogP contribution in [0.2, 0.25) is 0 Å². The number of carbonyl (C=O) groups is 1. The van der Waals surface area contributed by atoms with Crippen molar-refractivity contribution < 1.29 is 19.0 Å². The highest BCUT2D eigenvalue weighted by molar-refractivity contribution is 6.05. The van der Waals surface area contributed by atoms with E-state index in [1.807, 2.05) is 76.3 Å². The number of aliphatic imine (C=N–C) groups is 1. The Hall–Kier alpha value is -5.14. The largest absolute Gasteiger partial charge is 0.492 e. The van der Waals surface area contributed by atoms with Gasteiger partial charge in [0.2, 0.25) is 5.96 Å². The fraction of sp³-hybridized carbons (Fsp3) is 0.476. The molecule has 13 nitrogen and oxygen atoms in total. The van der Waals surface area contributed by atoms with E-state index < -0.39 is 6.03 Å². The van der Waals surface area contributed by atoms with E-state index >= 15 is 0 Å². The fourth-order valence-electron chi connectivity index (χ4n) is 6.70. The number of likely N-dealkylation sites (N-methyl/N-ethyl adjacent to an activating group) is 1. The summed E-state index contributed by atoms with van der Waals surface area (Å²) in [6, 6.07) is 18.5. The zero-order chi connectivity index (χ0) is 39.5. The van der Waals surface area contributed by atoms with Gasteiger partial charge in [0, 0.05) is 56.0 Å². The Bertz CT molecular complexity index is 1900. The number of carbonyl (C=O) groups excluding carboxylic acids is 1. The number of likely N-dealkylation sites (tertiary alicyclic amines) is 1. The first-order chi connectivity index (χ1) is 26.3. The number of fused-ring (bicyclic) bond motifs is 1. The summed E-state index contributed by atoms with van der Waals surface area (Å²) in [4.78, 5) is 22.7. The first kappa shape index (κ1) is 41.0. The van der Waals surface area contributed by atoms with Crippen LogP contribution in [0.4, 0.5) is 10.5 Å². The minimum atomic E-state index is -0.403. The van der Waals surface area contributed by atoms with Gasteiger partial charge in [0.25, 0.3) is 0 Å². The van der Waals surface area contributed by atoms with E-state index in [9.17, 15) is 4.79 Å². The zero-order valence-corrected chi connectivity index (χ0v) is 33.2. The number of nitrogens with two attached hydrogens (primary N) is 1. The quantitative estimate of drug-likeness (QED) is 0.105. The lowest BCUT2D eigenvalue weighted by molar-refractivity contribution is 0.150. The summed E-state index contributed by atoms with van der Waals surface area (Å²) < 4.78 is 19.3. The highest BCUT2D eigenvalue weighted by atomic mass is 16.5. The lowest BCUT2D eigenvalue weighted by atomic mass is 9.85. The second-order valence-corrected chi connectivity index (χ2v) is 15.4. The number of hydrogen-bond acceptors (Lipinski definition) is 9. The maximum absolute atomic E-state index is 13.7. The highest BCUT2D eigenvalue weighted by Gasteiger charge is 2.30. The summed E-state index contributed by atoms with van der Waals surface area (Å²) >= 11 is 0. The maximum Gasteiger partial charge on any atom is 0.320 e. The van der Waals surface area contributed by atoms with Gasteiger partial charge in [-0.2, -0.15) is 0 Å². The highest BCUT2D eigenvalue weighted by Crippen LogP contribution is 2.38. The normalized spacial score (nSPS) is 19.1. The van der Waals surface area contributed by atoms with E-state index in [1.165, 1.54) is 0 Å². The number of rotatable bonds is 12. The van der Waals surface area contributed by atoms with Crippen LogP contribution in [-0.2, 0) is 4.74 Å². The molecule has 0 spiro atoms. The minimum absolute atomic E-state index is 0.231. The zero-order valence-electron chi connectivity index (χ0n) is 33.2. The van der Waals surface area contributed by atoms with E-state index in [-0.39, 0.29) is 29.1 Å². The third kappa shape index (κ3) is 11.4. The molecule has 2 aromatic carbocycles. The van der Waals surface area contributed by atoms with E-state index in [0.717, 1.165) is 50.0 Å². The third-order valence-corrected chi connectivity index (χ3v) is 10.1. The molecule has 1 aliphatic heterocycles. The molecular formula is C42H59N9O4. The number of ether oxygens (including phenoxy) is 3. The molecule has 2 heterocycles. The van der Waals surface area contributed by atoms with Gasteiger partial charge in [-0.05, 0) is 81.5 Å². The first-order valence-electron chi connectivity index (χ1n) is 19.2. The smallest absolute Gasteiger partial charge is 0.320 e. The van der Waals surface area contributed by atoms with Crippen LogP contribution >= 0.6 is 0 Å². The van der Waals surface area contributed by atoms with Gasteiger partial charge in [-0.25, -0.2) is 9.79 Å². The van der Waals surface area contributed by atoms with Crippen LogP contribution in [0.5, 0.6) is 11.5 Å². The lowest BCUT2D eigenvalue weighted by Gasteiger charge is -2.36. The SMILES string of the molecule is COCCN(C)CCOc1cccc(N=C(/C=C(\N)C(C)(C)C)NC(=O)N[C@H]2CC[C@@H](Oc3ccc(=N)n(C(=N)N4CCCCC4C)c3)c3ccccc32)c1. The molecule has 13 heteroatoms. The number of nitrogens with zero attached hydrogens (tertiary/aromatic N) is 4. The van der Waals surface area contributed by atoms with Crippen LogP contribution < -0.4 is 31.3 Å². The fourth-order valence-corrected chi connectivity index (χ4v) is 6.70. The number of piperidine rings is 1. The number of amidine groups is 1. The standard InChI is InChI=1S/C42H59N9O4/c1-29-12-9-10-21-50(29)40(45)51-28-32(17-20-38(51)44)55-36-19-18-35(33-15-7-8-16-34(33)36)47-41(52)48-39(27-37(43)42(2,3)4)46-30-13-11-14-31(26-30)54-25-23-49(5)22-24-53-6/h7-8,11,13-17,20,26-29,35-36,44-45H,9-10,12,18-19,21-25,43H2,1-6H3,(H2,46,47,48,52)/b37-27-,44-38?,45-40?/t29?,35-,36+/m0/s1. The average molecular weight is 754 g/mol. The molecule has 2 amide bonds. The molecule has 1 fully saturated rings. The Morgan fingerprint density at radius 2 is 1.78 bits per heavy atom. The minimum Gasteiger partial charge on any atom is -0.492 e. The number of aromatic nitrogens is 1. The monoisotopic (exact) mass is 753 g/mol. The summed E-state index contributed by atoms with van der Waals surface area (Å²) in [5.74, 6) is 1.86. The Morgan fingerprint density at radius 3 is 2.53 bits per heavy atom. The second-order valence-electron chi connectivity index (χ2n) is 15.4. The van der Waals surface area contributed by atoms with Crippen molar-refractivity contribution in [3.05, 3.63) is 95.2 Å². The molecule has 2 aliphatic rings. The van der Waals surface area contributed by atoms with Gasteiger partial charge in [0.05, 0.1) is 24.5 Å². The van der Waals surface area contributed by atoms with Gasteiger partial charge < -0.3 is 35.1 Å². The number of benzene rings is 2. The molecule has 55 heavy (non-hydrogen) atoms. The summed E-state index contributed by atoms with van der Waals surface area (Å²) in [5.41, 5.74) is 9.49. The number of amides is 2. The number of methoxy groups -OCH3 is 1. The molecule has 1 aliphatic carbocycles. The van der Waals surface area contributed by atoms with Crippen LogP contribution in [-0.4, -0.2) is 85.2 Å². The van der Waals surface area contributed by atoms with Crippen molar-refractivity contribution in [1.29, 1.82) is 10.8 Å². The molecule has 5 rings (SSSR count). The van der Waals surface area contributed by atoms with Gasteiger partial charge in [0.15, 0.2) is 0 Å². The van der Waals surface area contributed by atoms with Crippen molar-refractivity contribution in [3.8, 4) is 11.5 Å². The number of hydrogen-bond donors (Lipinski definition) is 5. The topological polar surface area (TPSA) is 166 Å². The summed E-state index contributed by atoms with van der Waals surface area (Å²) in [6.45, 7) is 11.7. The Labute approximate surface area is 325 Å². The molecule has 6 N–H and O–H groups in total.